The molecule has 38 heavy (non-hydrogen) atoms. The van der Waals surface area contributed by atoms with E-state index >= 15 is 0 Å². The van der Waals surface area contributed by atoms with E-state index in [0.29, 0.717) is 50.7 Å². The molecule has 212 valence electrons. The van der Waals surface area contributed by atoms with Crippen molar-refractivity contribution in [2.45, 2.75) is 25.8 Å². The number of ether oxygens (including phenoxy) is 4. The molecule has 2 aromatic rings. The van der Waals surface area contributed by atoms with Crippen LogP contribution in [0.2, 0.25) is 0 Å². The van der Waals surface area contributed by atoms with Crippen LogP contribution in [0.15, 0.2) is 24.4 Å². The van der Waals surface area contributed by atoms with Crippen LogP contribution in [0.4, 0.5) is 0 Å². The highest BCUT2D eigenvalue weighted by atomic mass is 32.2. The van der Waals surface area contributed by atoms with Gasteiger partial charge in [0.1, 0.15) is 12.4 Å². The van der Waals surface area contributed by atoms with E-state index in [1.807, 2.05) is 25.1 Å². The van der Waals surface area contributed by atoms with Crippen LogP contribution in [0.5, 0.6) is 5.75 Å². The third kappa shape index (κ3) is 6.16. The Hall–Kier alpha value is -2.22. The minimum atomic E-state index is -4.22. The molecular weight excluding hydrogens is 514 g/mol. The van der Waals surface area contributed by atoms with Crippen LogP contribution in [-0.4, -0.2) is 114 Å². The number of methoxy groups -OCH3 is 1. The topological polar surface area (TPSA) is 109 Å². The summed E-state index contributed by atoms with van der Waals surface area (Å²) in [6, 6.07) is 5.22. The van der Waals surface area contributed by atoms with Crippen LogP contribution in [-0.2, 0) is 39.9 Å². The maximum Gasteiger partial charge on any atom is 0.366 e. The molecule has 2 aliphatic rings. The molecule has 1 spiro atoms. The van der Waals surface area contributed by atoms with Gasteiger partial charge in [0.2, 0.25) is 0 Å². The Morgan fingerprint density at radius 2 is 1.92 bits per heavy atom. The number of aromatic nitrogens is 1. The summed E-state index contributed by atoms with van der Waals surface area (Å²) < 4.78 is 54.9. The van der Waals surface area contributed by atoms with Crippen LogP contribution < -0.4 is 4.74 Å². The lowest BCUT2D eigenvalue weighted by molar-refractivity contribution is -0.200. The molecule has 0 bridgehead atoms. The third-order valence-corrected chi connectivity index (χ3v) is 8.33. The van der Waals surface area contributed by atoms with Crippen LogP contribution in [0, 0.1) is 5.41 Å². The molecule has 0 unspecified atom stereocenters. The van der Waals surface area contributed by atoms with Crippen molar-refractivity contribution in [2.24, 2.45) is 5.41 Å². The Morgan fingerprint density at radius 3 is 2.58 bits per heavy atom. The van der Waals surface area contributed by atoms with Crippen molar-refractivity contribution in [1.29, 1.82) is 0 Å². The quantitative estimate of drug-likeness (QED) is 0.359. The molecule has 2 aliphatic heterocycles. The lowest BCUT2D eigenvalue weighted by Crippen LogP contribution is -2.68. The van der Waals surface area contributed by atoms with E-state index in [1.54, 1.807) is 39.3 Å². The molecule has 0 N–H and O–H groups in total. The number of nitrogens with zero attached hydrogens (tertiary/aromatic N) is 3. The van der Waals surface area contributed by atoms with Gasteiger partial charge >= 0.3 is 16.3 Å². The second kappa shape index (κ2) is 11.5. The van der Waals surface area contributed by atoms with Crippen molar-refractivity contribution < 1.29 is 36.3 Å². The molecule has 0 radical (unpaired) electrons. The second-order valence-corrected chi connectivity index (χ2v) is 12.4. The summed E-state index contributed by atoms with van der Waals surface area (Å²) in [5, 5.41) is 0.773. The van der Waals surface area contributed by atoms with Crippen molar-refractivity contribution in [3.63, 3.8) is 0 Å². The lowest BCUT2D eigenvalue weighted by atomic mass is 9.94. The normalized spacial score (nSPS) is 18.2. The number of benzene rings is 1. The number of hydrogen-bond donors (Lipinski definition) is 0. The maximum absolute atomic E-state index is 13.3. The number of hydrogen-bond acceptors (Lipinski definition) is 10. The molecule has 0 aliphatic carbocycles. The predicted octanol–water partition coefficient (Wildman–Crippen LogP) is 1.53. The molecule has 2 saturated heterocycles. The minimum Gasteiger partial charge on any atom is -0.497 e. The first-order valence-corrected chi connectivity index (χ1v) is 14.1. The zero-order valence-corrected chi connectivity index (χ0v) is 23.7. The fourth-order valence-electron chi connectivity index (χ4n) is 4.60. The van der Waals surface area contributed by atoms with Crippen LogP contribution in [0.25, 0.3) is 10.9 Å². The molecule has 11 nitrogen and oxygen atoms in total. The largest absolute Gasteiger partial charge is 0.497 e. The van der Waals surface area contributed by atoms with Crippen LogP contribution in [0.1, 0.15) is 19.4 Å². The monoisotopic (exact) mass is 553 g/mol. The van der Waals surface area contributed by atoms with Gasteiger partial charge in [0.05, 0.1) is 56.6 Å². The van der Waals surface area contributed by atoms with Gasteiger partial charge in [-0.3, -0.25) is 13.9 Å². The minimum absolute atomic E-state index is 0.133. The van der Waals surface area contributed by atoms with Crippen molar-refractivity contribution >= 4 is 27.2 Å². The Kier molecular flexibility index (Phi) is 8.70. The third-order valence-electron chi connectivity index (χ3n) is 7.13. The van der Waals surface area contributed by atoms with Gasteiger partial charge in [-0.2, -0.15) is 8.42 Å². The molecular formula is C26H39N3O8S. The number of esters is 1. The first-order chi connectivity index (χ1) is 18.0. The van der Waals surface area contributed by atoms with E-state index in [2.05, 4.69) is 4.90 Å². The first-order valence-electron chi connectivity index (χ1n) is 12.8. The van der Waals surface area contributed by atoms with E-state index in [1.165, 1.54) is 0 Å². The highest BCUT2D eigenvalue weighted by molar-refractivity contribution is 7.85. The van der Waals surface area contributed by atoms with E-state index in [-0.39, 0.29) is 18.8 Å². The van der Waals surface area contributed by atoms with E-state index < -0.39 is 21.7 Å². The summed E-state index contributed by atoms with van der Waals surface area (Å²) in [7, 11) is 1.27. The smallest absolute Gasteiger partial charge is 0.366 e. The summed E-state index contributed by atoms with van der Waals surface area (Å²) in [5.41, 5.74) is 0.0391. The Morgan fingerprint density at radius 1 is 1.18 bits per heavy atom. The molecule has 1 aromatic carbocycles. The molecule has 2 fully saturated rings. The van der Waals surface area contributed by atoms with Crippen LogP contribution >= 0.6 is 0 Å². The number of fused-ring (bicyclic) bond motifs is 1. The zero-order valence-electron chi connectivity index (χ0n) is 22.9. The molecule has 0 saturated carbocycles. The highest BCUT2D eigenvalue weighted by Crippen LogP contribution is 2.30. The SMILES string of the molecule is COc1ccc2c(c1)c(CCN(C)C)cn2S(=O)(=O)OCC(C)(C)C(=O)OCCN1CCOCC12COC2. The number of carbonyl (C=O) groups excluding carboxylic acids is 1. The van der Waals surface area contributed by atoms with Gasteiger partial charge in [-0.15, -0.1) is 0 Å². The molecule has 12 heteroatoms. The van der Waals surface area contributed by atoms with Crippen molar-refractivity contribution in [2.75, 3.05) is 80.5 Å². The Bertz CT molecular complexity index is 1240. The lowest BCUT2D eigenvalue weighted by Gasteiger charge is -2.51. The summed E-state index contributed by atoms with van der Waals surface area (Å²) in [6.07, 6.45) is 2.23. The van der Waals surface area contributed by atoms with Gasteiger partial charge in [0, 0.05) is 31.2 Å². The molecule has 3 heterocycles. The van der Waals surface area contributed by atoms with E-state index in [4.69, 9.17) is 23.1 Å². The van der Waals surface area contributed by atoms with E-state index in [0.717, 1.165) is 28.0 Å². The predicted molar refractivity (Wildman–Crippen MR) is 142 cm³/mol. The van der Waals surface area contributed by atoms with Crippen molar-refractivity contribution in [1.82, 2.24) is 13.8 Å². The summed E-state index contributed by atoms with van der Waals surface area (Å²) in [5.74, 6) is 0.116. The fourth-order valence-corrected chi connectivity index (χ4v) is 5.81. The summed E-state index contributed by atoms with van der Waals surface area (Å²) in [4.78, 5) is 17.1. The maximum atomic E-state index is 13.3. The number of morpholine rings is 1. The van der Waals surface area contributed by atoms with Gasteiger partial charge in [-0.25, -0.2) is 3.97 Å². The van der Waals surface area contributed by atoms with Crippen LogP contribution in [0.3, 0.4) is 0 Å². The van der Waals surface area contributed by atoms with Gasteiger partial charge in [0.15, 0.2) is 0 Å². The van der Waals surface area contributed by atoms with Gasteiger partial charge in [0.25, 0.3) is 0 Å². The number of rotatable bonds is 12. The Balaban J connectivity index is 1.40. The summed E-state index contributed by atoms with van der Waals surface area (Å²) >= 11 is 0. The highest BCUT2D eigenvalue weighted by Gasteiger charge is 2.46. The fraction of sp³-hybridized carbons (Fsp3) is 0.654. The zero-order chi connectivity index (χ0) is 27.6. The number of likely N-dealkylation sites (N-methyl/N-ethyl adjacent to an activating group) is 1. The first kappa shape index (κ1) is 28.8. The molecule has 0 atom stereocenters. The van der Waals surface area contributed by atoms with E-state index in [9.17, 15) is 13.2 Å². The molecule has 1 aromatic heterocycles. The molecule has 0 amide bonds. The van der Waals surface area contributed by atoms with Gasteiger partial charge in [-0.05, 0) is 58.1 Å². The standard InChI is InChI=1S/C26H39N3O8S/c1-25(2,24(30)36-13-11-28-10-12-34-17-26(28)18-35-19-26)16-37-38(31,32)29-15-20(8-9-27(3)4)22-14-21(33-5)6-7-23(22)29/h6-7,14-15H,8-13,16-19H2,1-5H3. The summed E-state index contributed by atoms with van der Waals surface area (Å²) in [6.45, 7) is 7.56. The second-order valence-electron chi connectivity index (χ2n) is 10.9. The Labute approximate surface area is 224 Å². The van der Waals surface area contributed by atoms with Crippen molar-refractivity contribution in [3.8, 4) is 5.75 Å². The average molecular weight is 554 g/mol. The molecule has 4 rings (SSSR count). The van der Waals surface area contributed by atoms with Crippen molar-refractivity contribution in [3.05, 3.63) is 30.0 Å². The average Bonchev–Trinajstić information content (AvgIpc) is 3.24. The number of carbonyl (C=O) groups is 1. The van der Waals surface area contributed by atoms with Gasteiger partial charge < -0.3 is 23.8 Å². The van der Waals surface area contributed by atoms with Gasteiger partial charge in [-0.1, -0.05) is 0 Å².